The molecule has 0 spiro atoms. The molecule has 44 heavy (non-hydrogen) atoms. The van der Waals surface area contributed by atoms with Gasteiger partial charge in [0.05, 0.1) is 33.4 Å². The van der Waals surface area contributed by atoms with Gasteiger partial charge in [-0.1, -0.05) is 33.1 Å². The van der Waals surface area contributed by atoms with Crippen molar-refractivity contribution in [2.24, 2.45) is 33.9 Å². The first-order chi connectivity index (χ1) is 20.8. The van der Waals surface area contributed by atoms with Gasteiger partial charge in [-0.15, -0.1) is 11.3 Å². The number of nitro groups is 1. The van der Waals surface area contributed by atoms with Crippen molar-refractivity contribution in [3.05, 3.63) is 39.4 Å². The zero-order valence-corrected chi connectivity index (χ0v) is 26.7. The van der Waals surface area contributed by atoms with Crippen LogP contribution in [-0.2, 0) is 14.1 Å². The highest BCUT2D eigenvalue weighted by Gasteiger charge is 2.68. The number of thiazole rings is 1. The number of fused-ring (bicyclic) bond motifs is 1. The summed E-state index contributed by atoms with van der Waals surface area (Å²) in [5.41, 5.74) is 10.0. The predicted octanol–water partition coefficient (Wildman–Crippen LogP) is 3.07. The highest BCUT2D eigenvalue weighted by molar-refractivity contribution is 7.16. The minimum atomic E-state index is -0.903. The van der Waals surface area contributed by atoms with Crippen molar-refractivity contribution >= 4 is 46.4 Å². The zero-order chi connectivity index (χ0) is 31.8. The molecule has 3 aliphatic carbocycles. The molecule has 5 N–H and O–H groups in total. The van der Waals surface area contributed by atoms with E-state index < -0.39 is 35.6 Å². The Balaban J connectivity index is 1.30. The van der Waals surface area contributed by atoms with Crippen LogP contribution in [0.5, 0.6) is 0 Å². The van der Waals surface area contributed by atoms with Gasteiger partial charge in [0.15, 0.2) is 5.03 Å². The van der Waals surface area contributed by atoms with E-state index in [1.807, 2.05) is 0 Å². The van der Waals surface area contributed by atoms with Crippen LogP contribution in [-0.4, -0.2) is 65.1 Å². The number of amides is 2. The smallest absolute Gasteiger partial charge is 0.404 e. The first-order valence-electron chi connectivity index (χ1n) is 15.3. The lowest BCUT2D eigenvalue weighted by Gasteiger charge is -2.64. The summed E-state index contributed by atoms with van der Waals surface area (Å²) in [5.74, 6) is -0.268. The zero-order valence-electron chi connectivity index (χ0n) is 25.9. The third-order valence-electron chi connectivity index (χ3n) is 9.70. The Morgan fingerprint density at radius 3 is 2.75 bits per heavy atom. The molecule has 2 heterocycles. The van der Waals surface area contributed by atoms with Gasteiger partial charge in [0.2, 0.25) is 5.91 Å². The van der Waals surface area contributed by atoms with E-state index in [9.17, 15) is 19.7 Å². The number of hydrogen-bond acceptors (Lipinski definition) is 9. The minimum Gasteiger partial charge on any atom is -0.404 e. The number of hydrogen-bond donors (Lipinski definition) is 4. The van der Waals surface area contributed by atoms with E-state index in [1.54, 1.807) is 29.1 Å². The first-order valence-corrected chi connectivity index (χ1v) is 16.1. The molecule has 1 saturated heterocycles. The van der Waals surface area contributed by atoms with E-state index in [4.69, 9.17) is 15.0 Å². The van der Waals surface area contributed by atoms with Crippen molar-refractivity contribution in [1.82, 2.24) is 21.0 Å². The summed E-state index contributed by atoms with van der Waals surface area (Å²) in [5, 5.41) is 15.9. The van der Waals surface area contributed by atoms with E-state index in [0.717, 1.165) is 23.1 Å². The minimum absolute atomic E-state index is 0.0240. The van der Waals surface area contributed by atoms with Gasteiger partial charge < -0.3 is 25.7 Å². The third-order valence-corrected chi connectivity index (χ3v) is 10.5. The van der Waals surface area contributed by atoms with E-state index >= 15 is 0 Å². The van der Waals surface area contributed by atoms with Crippen molar-refractivity contribution in [1.29, 1.82) is 0 Å². The highest BCUT2D eigenvalue weighted by atomic mass is 32.1. The number of aromatic nitrogens is 1. The molecule has 0 radical (unpaired) electrons. The maximum Gasteiger partial charge on any atom is 0.481 e. The molecule has 238 valence electrons. The molecular formula is C29H42BN7O6S. The molecule has 15 heteroatoms. The number of aliphatic imine (C=N–C) groups is 1. The summed E-state index contributed by atoms with van der Waals surface area (Å²) in [6.07, 6.45) is 3.25. The number of carbonyl (C=O) groups excluding carboxylic acids is 2. The molecule has 6 rings (SSSR count). The van der Waals surface area contributed by atoms with E-state index in [-0.39, 0.29) is 42.3 Å². The largest absolute Gasteiger partial charge is 0.481 e. The summed E-state index contributed by atoms with van der Waals surface area (Å²) in [6.45, 7) is 11.1. The Labute approximate surface area is 261 Å². The van der Waals surface area contributed by atoms with Gasteiger partial charge in [-0.05, 0) is 80.4 Å². The van der Waals surface area contributed by atoms with Gasteiger partial charge in [0, 0.05) is 12.1 Å². The molecule has 2 bridgehead atoms. The fourth-order valence-corrected chi connectivity index (χ4v) is 7.95. The van der Waals surface area contributed by atoms with Crippen LogP contribution in [0.3, 0.4) is 0 Å². The average molecular weight is 628 g/mol. The third kappa shape index (κ3) is 6.54. The lowest BCUT2D eigenvalue weighted by atomic mass is 9.43. The Morgan fingerprint density at radius 2 is 2.05 bits per heavy atom. The van der Waals surface area contributed by atoms with Crippen LogP contribution >= 0.6 is 11.3 Å². The lowest BCUT2D eigenvalue weighted by molar-refractivity contribution is -0.525. The number of nitrogens with one attached hydrogen (secondary N) is 3. The number of carbonyl (C=O) groups is 2. The Morgan fingerprint density at radius 1 is 1.27 bits per heavy atom. The van der Waals surface area contributed by atoms with Crippen LogP contribution in [0.25, 0.3) is 10.2 Å². The summed E-state index contributed by atoms with van der Waals surface area (Å²) in [4.78, 5) is 46.0. The van der Waals surface area contributed by atoms with Gasteiger partial charge in [0.25, 0.3) is 11.9 Å². The van der Waals surface area contributed by atoms with Crippen molar-refractivity contribution in [3.63, 3.8) is 0 Å². The molecular weight excluding hydrogens is 585 g/mol. The Kier molecular flexibility index (Phi) is 9.20. The van der Waals surface area contributed by atoms with Gasteiger partial charge >= 0.3 is 7.12 Å². The van der Waals surface area contributed by atoms with Crippen molar-refractivity contribution < 1.29 is 23.9 Å². The van der Waals surface area contributed by atoms with E-state index in [1.165, 1.54) is 11.3 Å². The van der Waals surface area contributed by atoms with Crippen LogP contribution in [0.1, 0.15) is 77.1 Å². The van der Waals surface area contributed by atoms with E-state index in [2.05, 4.69) is 55.2 Å². The number of hydrazine groups is 1. The molecule has 13 nitrogen and oxygen atoms in total. The monoisotopic (exact) mass is 627 g/mol. The molecule has 2 amide bonds. The number of benzene rings is 1. The molecule has 4 fully saturated rings. The number of rotatable bonds is 12. The van der Waals surface area contributed by atoms with Gasteiger partial charge in [-0.25, -0.2) is 20.1 Å². The van der Waals surface area contributed by atoms with Gasteiger partial charge in [-0.3, -0.25) is 9.59 Å². The molecule has 6 atom stereocenters. The lowest BCUT2D eigenvalue weighted by Crippen LogP contribution is -2.65. The fourth-order valence-electron chi connectivity index (χ4n) is 7.23. The maximum absolute atomic E-state index is 13.9. The van der Waals surface area contributed by atoms with Gasteiger partial charge in [-0.2, -0.15) is 0 Å². The fraction of sp³-hybridized carbons (Fsp3) is 0.655. The second kappa shape index (κ2) is 12.6. The molecule has 1 aromatic carbocycles. The van der Waals surface area contributed by atoms with Crippen LogP contribution in [0.15, 0.2) is 28.7 Å². The second-order valence-corrected chi connectivity index (χ2v) is 14.3. The quantitative estimate of drug-likeness (QED) is 0.0686. The van der Waals surface area contributed by atoms with Crippen LogP contribution < -0.4 is 21.8 Å². The maximum atomic E-state index is 13.9. The van der Waals surface area contributed by atoms with Crippen molar-refractivity contribution in [2.75, 3.05) is 6.54 Å². The van der Waals surface area contributed by atoms with Crippen molar-refractivity contribution in [3.8, 4) is 0 Å². The molecule has 1 aliphatic heterocycles. The Bertz CT molecular complexity index is 1440. The molecule has 0 unspecified atom stereocenters. The summed E-state index contributed by atoms with van der Waals surface area (Å²) < 4.78 is 14.1. The topological polar surface area (TPSA) is 183 Å². The normalized spacial score (nSPS) is 26.9. The van der Waals surface area contributed by atoms with E-state index in [0.29, 0.717) is 30.2 Å². The number of nitrogens with two attached hydrogens (primary N) is 1. The number of nitrogens with zero attached hydrogens (tertiary/aromatic N) is 3. The summed E-state index contributed by atoms with van der Waals surface area (Å²) >= 11 is 1.43. The highest BCUT2D eigenvalue weighted by Crippen LogP contribution is 2.65. The summed E-state index contributed by atoms with van der Waals surface area (Å²) in [6, 6.07) is 4.30. The first kappa shape index (κ1) is 32.1. The van der Waals surface area contributed by atoms with Gasteiger partial charge in [0.1, 0.15) is 6.04 Å². The molecule has 4 aliphatic rings. The molecule has 1 aromatic heterocycles. The number of guanidine groups is 1. The van der Waals surface area contributed by atoms with Crippen LogP contribution in [0.2, 0.25) is 0 Å². The molecule has 2 aromatic rings. The standard InChI is InChI=1S/C29H42BN7O6S/c1-16(2)11-24(30-42-23-14-18-13-22(28(18,3)4)29(23,5)43-30)35-26(39)20(7-6-10-32-27(31)36-37(40)41)34-25(38)17-8-9-19-21(12-17)44-15-33-19/h8-9,12,15-16,18,20,22-24H,6-7,10-11,13-14H2,1-5H3,(H,34,38)(H,35,39)(H3,31,32,36)/t18-,20-,22-,23+,24-,29-/m0/s1. The average Bonchev–Trinajstić information content (AvgIpc) is 3.56. The SMILES string of the molecule is CC(C)C[C@H](NC(=O)[C@H](CCCN=C(N)N[N+](=O)[O-])NC(=O)c1ccc2ncsc2c1)B1O[C@@H]2C[C@@H]3C[C@@H](C3(C)C)[C@]2(C)O1. The van der Waals surface area contributed by atoms with Crippen molar-refractivity contribution in [2.45, 2.75) is 90.4 Å². The van der Waals surface area contributed by atoms with Crippen LogP contribution in [0.4, 0.5) is 0 Å². The second-order valence-electron chi connectivity index (χ2n) is 13.4. The Hall–Kier alpha value is -3.30. The van der Waals surface area contributed by atoms with Crippen LogP contribution in [0, 0.1) is 33.3 Å². The predicted molar refractivity (Wildman–Crippen MR) is 168 cm³/mol. The molecule has 3 saturated carbocycles. The summed E-state index contributed by atoms with van der Waals surface area (Å²) in [7, 11) is -0.603.